The van der Waals surface area contributed by atoms with Gasteiger partial charge in [-0.25, -0.2) is 4.39 Å². The Morgan fingerprint density at radius 3 is 2.33 bits per heavy atom. The van der Waals surface area contributed by atoms with Crippen molar-refractivity contribution in [1.29, 1.82) is 0 Å². The summed E-state index contributed by atoms with van der Waals surface area (Å²) < 4.78 is 18.6. The van der Waals surface area contributed by atoms with Crippen LogP contribution in [0.4, 0.5) is 4.39 Å². The number of hydrogen-bond donors (Lipinski definition) is 0. The lowest BCUT2D eigenvalue weighted by molar-refractivity contribution is -0.133. The van der Waals surface area contributed by atoms with Gasteiger partial charge < -0.3 is 9.64 Å². The molecule has 4 nitrogen and oxygen atoms in total. The average molecular weight is 377 g/mol. The van der Waals surface area contributed by atoms with E-state index in [-0.39, 0.29) is 17.6 Å². The van der Waals surface area contributed by atoms with Gasteiger partial charge in [0.15, 0.2) is 0 Å². The van der Waals surface area contributed by atoms with E-state index >= 15 is 0 Å². The normalized spacial score (nSPS) is 20.8. The standard InChI is InChI=1S/C22H33FN2O2/c1-17(2)21(19-3-5-20(23)6-4-19)15-22(26)25-9-7-18(8-10-25)16-24-11-13-27-14-12-24/h3-6,17-18,21H,7-16H2,1-2H3. The van der Waals surface area contributed by atoms with Crippen molar-refractivity contribution in [3.8, 4) is 0 Å². The molecule has 2 fully saturated rings. The molecular formula is C22H33FN2O2. The summed E-state index contributed by atoms with van der Waals surface area (Å²) in [6.45, 7) is 10.9. The third kappa shape index (κ3) is 5.76. The number of likely N-dealkylation sites (tertiary alicyclic amines) is 1. The number of nitrogens with zero attached hydrogens (tertiary/aromatic N) is 2. The van der Waals surface area contributed by atoms with Gasteiger partial charge in [0.05, 0.1) is 13.2 Å². The van der Waals surface area contributed by atoms with Gasteiger partial charge in [-0.3, -0.25) is 9.69 Å². The van der Waals surface area contributed by atoms with Crippen LogP contribution in [0.1, 0.15) is 44.6 Å². The van der Waals surface area contributed by atoms with E-state index < -0.39 is 0 Å². The molecule has 2 heterocycles. The average Bonchev–Trinajstić information content (AvgIpc) is 2.68. The maximum atomic E-state index is 13.2. The van der Waals surface area contributed by atoms with Gasteiger partial charge in [0.25, 0.3) is 0 Å². The molecule has 0 aromatic heterocycles. The van der Waals surface area contributed by atoms with E-state index in [0.29, 0.717) is 18.3 Å². The zero-order valence-electron chi connectivity index (χ0n) is 16.7. The van der Waals surface area contributed by atoms with Gasteiger partial charge in [0.1, 0.15) is 5.82 Å². The Bertz CT molecular complexity index is 591. The van der Waals surface area contributed by atoms with Crippen LogP contribution in [0.2, 0.25) is 0 Å². The van der Waals surface area contributed by atoms with Crippen LogP contribution in [-0.4, -0.2) is 61.6 Å². The molecule has 2 aliphatic heterocycles. The largest absolute Gasteiger partial charge is 0.379 e. The number of carbonyl (C=O) groups is 1. The molecule has 2 saturated heterocycles. The number of carbonyl (C=O) groups excluding carboxylic acids is 1. The van der Waals surface area contributed by atoms with Crippen molar-refractivity contribution in [3.63, 3.8) is 0 Å². The quantitative estimate of drug-likeness (QED) is 0.761. The number of amides is 1. The number of ether oxygens (including phenoxy) is 1. The molecule has 0 aliphatic carbocycles. The van der Waals surface area contributed by atoms with Crippen molar-refractivity contribution in [1.82, 2.24) is 9.80 Å². The highest BCUT2D eigenvalue weighted by molar-refractivity contribution is 5.77. The van der Waals surface area contributed by atoms with E-state index in [1.807, 2.05) is 17.0 Å². The van der Waals surface area contributed by atoms with Crippen LogP contribution in [0.5, 0.6) is 0 Å². The maximum Gasteiger partial charge on any atom is 0.223 e. The second-order valence-corrected chi connectivity index (χ2v) is 8.34. The highest BCUT2D eigenvalue weighted by Gasteiger charge is 2.27. The van der Waals surface area contributed by atoms with Gasteiger partial charge in [-0.05, 0) is 48.3 Å². The molecule has 2 aliphatic rings. The van der Waals surface area contributed by atoms with Crippen molar-refractivity contribution in [2.45, 2.75) is 39.0 Å². The van der Waals surface area contributed by atoms with Gasteiger partial charge in [-0.15, -0.1) is 0 Å². The fourth-order valence-electron chi connectivity index (χ4n) is 4.28. The van der Waals surface area contributed by atoms with Crippen molar-refractivity contribution in [2.24, 2.45) is 11.8 Å². The lowest BCUT2D eigenvalue weighted by Gasteiger charge is -2.36. The van der Waals surface area contributed by atoms with Crippen LogP contribution in [0.15, 0.2) is 24.3 Å². The monoisotopic (exact) mass is 376 g/mol. The molecule has 0 spiro atoms. The molecule has 5 heteroatoms. The Labute approximate surface area is 162 Å². The van der Waals surface area contributed by atoms with Crippen LogP contribution in [0.3, 0.4) is 0 Å². The fraction of sp³-hybridized carbons (Fsp3) is 0.682. The smallest absolute Gasteiger partial charge is 0.223 e. The summed E-state index contributed by atoms with van der Waals surface area (Å²) in [5.74, 6) is 1.19. The fourth-order valence-corrected chi connectivity index (χ4v) is 4.28. The summed E-state index contributed by atoms with van der Waals surface area (Å²) in [6, 6.07) is 6.63. The van der Waals surface area contributed by atoms with E-state index in [1.54, 1.807) is 0 Å². The van der Waals surface area contributed by atoms with E-state index in [1.165, 1.54) is 12.1 Å². The topological polar surface area (TPSA) is 32.8 Å². The van der Waals surface area contributed by atoms with E-state index in [4.69, 9.17) is 4.74 Å². The first-order valence-electron chi connectivity index (χ1n) is 10.4. The van der Waals surface area contributed by atoms with Crippen molar-refractivity contribution in [3.05, 3.63) is 35.6 Å². The van der Waals surface area contributed by atoms with Crippen molar-refractivity contribution in [2.75, 3.05) is 45.9 Å². The molecule has 1 amide bonds. The number of hydrogen-bond acceptors (Lipinski definition) is 3. The molecule has 27 heavy (non-hydrogen) atoms. The highest BCUT2D eigenvalue weighted by atomic mass is 19.1. The molecule has 0 radical (unpaired) electrons. The molecule has 150 valence electrons. The second-order valence-electron chi connectivity index (χ2n) is 8.34. The van der Waals surface area contributed by atoms with E-state index in [0.717, 1.165) is 64.3 Å². The van der Waals surface area contributed by atoms with Gasteiger partial charge in [-0.2, -0.15) is 0 Å². The Morgan fingerprint density at radius 1 is 1.11 bits per heavy atom. The number of halogens is 1. The molecular weight excluding hydrogens is 343 g/mol. The van der Waals surface area contributed by atoms with Gasteiger partial charge >= 0.3 is 0 Å². The first kappa shape index (κ1) is 20.3. The molecule has 1 aromatic carbocycles. The minimum Gasteiger partial charge on any atom is -0.379 e. The second kappa shape index (κ2) is 9.65. The van der Waals surface area contributed by atoms with Crippen LogP contribution in [0, 0.1) is 17.7 Å². The number of morpholine rings is 1. The third-order valence-electron chi connectivity index (χ3n) is 6.08. The maximum absolute atomic E-state index is 13.2. The Balaban J connectivity index is 1.49. The lowest BCUT2D eigenvalue weighted by atomic mass is 9.85. The van der Waals surface area contributed by atoms with E-state index in [9.17, 15) is 9.18 Å². The molecule has 3 rings (SSSR count). The molecule has 1 aromatic rings. The van der Waals surface area contributed by atoms with Crippen LogP contribution in [0.25, 0.3) is 0 Å². The predicted octanol–water partition coefficient (Wildman–Crippen LogP) is 3.53. The number of benzene rings is 1. The zero-order chi connectivity index (χ0) is 19.2. The van der Waals surface area contributed by atoms with Crippen LogP contribution >= 0.6 is 0 Å². The van der Waals surface area contributed by atoms with Gasteiger partial charge in [0, 0.05) is 39.1 Å². The summed E-state index contributed by atoms with van der Waals surface area (Å²) in [4.78, 5) is 17.4. The first-order chi connectivity index (χ1) is 13.0. The first-order valence-corrected chi connectivity index (χ1v) is 10.4. The van der Waals surface area contributed by atoms with Crippen molar-refractivity contribution >= 4 is 5.91 Å². The Morgan fingerprint density at radius 2 is 1.74 bits per heavy atom. The third-order valence-corrected chi connectivity index (χ3v) is 6.08. The summed E-state index contributed by atoms with van der Waals surface area (Å²) in [5, 5.41) is 0. The highest BCUT2D eigenvalue weighted by Crippen LogP contribution is 2.30. The molecule has 0 saturated carbocycles. The SMILES string of the molecule is CC(C)C(CC(=O)N1CCC(CN2CCOCC2)CC1)c1ccc(F)cc1. The summed E-state index contributed by atoms with van der Waals surface area (Å²) in [5.41, 5.74) is 1.06. The summed E-state index contributed by atoms with van der Waals surface area (Å²) in [7, 11) is 0. The molecule has 1 atom stereocenters. The molecule has 1 unspecified atom stereocenters. The van der Waals surface area contributed by atoms with Crippen molar-refractivity contribution < 1.29 is 13.9 Å². The predicted molar refractivity (Wildman–Crippen MR) is 105 cm³/mol. The van der Waals surface area contributed by atoms with E-state index in [2.05, 4.69) is 18.7 Å². The van der Waals surface area contributed by atoms with Crippen LogP contribution in [-0.2, 0) is 9.53 Å². The number of piperidine rings is 1. The van der Waals surface area contributed by atoms with Gasteiger partial charge in [-0.1, -0.05) is 26.0 Å². The Hall–Kier alpha value is -1.46. The molecule has 0 bridgehead atoms. The summed E-state index contributed by atoms with van der Waals surface area (Å²) >= 11 is 0. The van der Waals surface area contributed by atoms with Crippen LogP contribution < -0.4 is 0 Å². The van der Waals surface area contributed by atoms with Gasteiger partial charge in [0.2, 0.25) is 5.91 Å². The minimum atomic E-state index is -0.227. The minimum absolute atomic E-state index is 0.143. The molecule has 0 N–H and O–H groups in total. The lowest BCUT2D eigenvalue weighted by Crippen LogP contribution is -2.44. The Kier molecular flexibility index (Phi) is 7.25. The summed E-state index contributed by atoms with van der Waals surface area (Å²) in [6.07, 6.45) is 2.69. The number of rotatable bonds is 6. The zero-order valence-corrected chi connectivity index (χ0v) is 16.7.